The van der Waals surface area contributed by atoms with E-state index in [9.17, 15) is 0 Å². The standard InChI is InChI=1S/C48H33N5/c1-48(2)39-27-32(52-41-22-12-9-19-34(41)35-20-10-13-23-42(35)52)25-26-33(39)37-29-44-38(28-40(37)48)36-21-11-14-24-43(36)53(44)47-50-45(30-15-5-3-6-16-30)49-46(51-47)31-17-7-4-8-18-31/h3-29H,1-2H3. The van der Waals surface area contributed by atoms with Crippen LogP contribution in [0.2, 0.25) is 0 Å². The zero-order valence-electron chi connectivity index (χ0n) is 29.3. The fourth-order valence-electron chi connectivity index (χ4n) is 8.64. The highest BCUT2D eigenvalue weighted by Crippen LogP contribution is 2.52. The molecule has 0 unspecified atom stereocenters. The first-order valence-electron chi connectivity index (χ1n) is 18.1. The van der Waals surface area contributed by atoms with E-state index in [-0.39, 0.29) is 5.41 Å². The van der Waals surface area contributed by atoms with Gasteiger partial charge in [-0.3, -0.25) is 4.57 Å². The van der Waals surface area contributed by atoms with Crippen LogP contribution in [0.5, 0.6) is 0 Å². The number of nitrogens with zero attached hydrogens (tertiary/aromatic N) is 5. The summed E-state index contributed by atoms with van der Waals surface area (Å²) >= 11 is 0. The van der Waals surface area contributed by atoms with Gasteiger partial charge in [0.1, 0.15) is 0 Å². The van der Waals surface area contributed by atoms with Crippen molar-refractivity contribution in [1.29, 1.82) is 0 Å². The van der Waals surface area contributed by atoms with Gasteiger partial charge in [0.05, 0.1) is 22.1 Å². The van der Waals surface area contributed by atoms with Gasteiger partial charge in [-0.15, -0.1) is 0 Å². The molecule has 1 aliphatic carbocycles. The third-order valence-electron chi connectivity index (χ3n) is 11.2. The molecule has 3 heterocycles. The molecule has 250 valence electrons. The van der Waals surface area contributed by atoms with E-state index in [1.165, 1.54) is 60.5 Å². The Bertz CT molecular complexity index is 2970. The minimum absolute atomic E-state index is 0.217. The van der Waals surface area contributed by atoms with Gasteiger partial charge in [0, 0.05) is 43.8 Å². The maximum absolute atomic E-state index is 5.17. The van der Waals surface area contributed by atoms with E-state index < -0.39 is 0 Å². The van der Waals surface area contributed by atoms with Gasteiger partial charge in [-0.25, -0.2) is 4.98 Å². The van der Waals surface area contributed by atoms with E-state index in [4.69, 9.17) is 15.0 Å². The number of benzene rings is 7. The molecule has 7 aromatic carbocycles. The molecule has 0 saturated heterocycles. The lowest BCUT2D eigenvalue weighted by Gasteiger charge is -2.22. The van der Waals surface area contributed by atoms with Crippen LogP contribution in [0.1, 0.15) is 25.0 Å². The highest BCUT2D eigenvalue weighted by molar-refractivity contribution is 6.12. The summed E-state index contributed by atoms with van der Waals surface area (Å²) in [5, 5.41) is 4.90. The quantitative estimate of drug-likeness (QED) is 0.186. The van der Waals surface area contributed by atoms with Gasteiger partial charge in [0.15, 0.2) is 11.6 Å². The number of aromatic nitrogens is 5. The normalized spacial score (nSPS) is 13.2. The summed E-state index contributed by atoms with van der Waals surface area (Å²) in [5.74, 6) is 1.89. The number of rotatable bonds is 4. The maximum atomic E-state index is 5.17. The predicted molar refractivity (Wildman–Crippen MR) is 217 cm³/mol. The monoisotopic (exact) mass is 679 g/mol. The number of fused-ring (bicyclic) bond motifs is 9. The topological polar surface area (TPSA) is 48.5 Å². The maximum Gasteiger partial charge on any atom is 0.238 e. The van der Waals surface area contributed by atoms with Crippen molar-refractivity contribution in [1.82, 2.24) is 24.1 Å². The van der Waals surface area contributed by atoms with E-state index in [1.54, 1.807) is 0 Å². The molecule has 5 heteroatoms. The molecule has 0 N–H and O–H groups in total. The lowest BCUT2D eigenvalue weighted by atomic mass is 9.82. The average Bonchev–Trinajstić information content (AvgIpc) is 3.80. The summed E-state index contributed by atoms with van der Waals surface area (Å²) in [6.07, 6.45) is 0. The molecule has 0 amide bonds. The van der Waals surface area contributed by atoms with Crippen molar-refractivity contribution in [3.8, 4) is 45.5 Å². The van der Waals surface area contributed by atoms with Gasteiger partial charge in [-0.05, 0) is 64.7 Å². The molecule has 3 aromatic heterocycles. The first-order valence-corrected chi connectivity index (χ1v) is 18.1. The smallest absolute Gasteiger partial charge is 0.238 e. The first-order chi connectivity index (χ1) is 26.0. The number of hydrogen-bond donors (Lipinski definition) is 0. The van der Waals surface area contributed by atoms with E-state index in [0.29, 0.717) is 17.6 Å². The molecule has 0 aliphatic heterocycles. The van der Waals surface area contributed by atoms with Gasteiger partial charge in [-0.1, -0.05) is 135 Å². The van der Waals surface area contributed by atoms with Gasteiger partial charge in [-0.2, -0.15) is 9.97 Å². The van der Waals surface area contributed by atoms with Crippen molar-refractivity contribution in [2.45, 2.75) is 19.3 Å². The van der Waals surface area contributed by atoms with Crippen LogP contribution in [0.4, 0.5) is 0 Å². The SMILES string of the molecule is CC1(C)c2cc(-n3c4ccccc4c4ccccc43)ccc2-c2cc3c(cc21)c1ccccc1n3-c1nc(-c2ccccc2)nc(-c2ccccc2)n1. The third-order valence-corrected chi connectivity index (χ3v) is 11.2. The molecule has 10 aromatic rings. The predicted octanol–water partition coefficient (Wildman–Crippen LogP) is 11.7. The molecule has 0 saturated carbocycles. The number of hydrogen-bond acceptors (Lipinski definition) is 3. The molecule has 0 bridgehead atoms. The van der Waals surface area contributed by atoms with Crippen LogP contribution < -0.4 is 0 Å². The average molecular weight is 680 g/mol. The molecule has 5 nitrogen and oxygen atoms in total. The second kappa shape index (κ2) is 11.1. The van der Waals surface area contributed by atoms with Gasteiger partial charge in [0.25, 0.3) is 0 Å². The Morgan fingerprint density at radius 2 is 0.887 bits per heavy atom. The van der Waals surface area contributed by atoms with Crippen molar-refractivity contribution in [3.05, 3.63) is 175 Å². The molecule has 0 spiro atoms. The molecule has 0 radical (unpaired) electrons. The van der Waals surface area contributed by atoms with Crippen molar-refractivity contribution in [3.63, 3.8) is 0 Å². The zero-order valence-corrected chi connectivity index (χ0v) is 29.3. The largest absolute Gasteiger partial charge is 0.309 e. The summed E-state index contributed by atoms with van der Waals surface area (Å²) in [7, 11) is 0. The van der Waals surface area contributed by atoms with Gasteiger partial charge in [0.2, 0.25) is 5.95 Å². The van der Waals surface area contributed by atoms with Crippen molar-refractivity contribution >= 4 is 43.6 Å². The third kappa shape index (κ3) is 4.34. The summed E-state index contributed by atoms with van der Waals surface area (Å²) in [5.41, 5.74) is 12.6. The van der Waals surface area contributed by atoms with Crippen LogP contribution in [0.25, 0.3) is 89.2 Å². The van der Waals surface area contributed by atoms with Gasteiger partial charge < -0.3 is 4.57 Å². The molecule has 1 aliphatic rings. The lowest BCUT2D eigenvalue weighted by molar-refractivity contribution is 0.660. The van der Waals surface area contributed by atoms with Crippen molar-refractivity contribution < 1.29 is 0 Å². The fourth-order valence-corrected chi connectivity index (χ4v) is 8.64. The summed E-state index contributed by atoms with van der Waals surface area (Å²) in [6.45, 7) is 4.73. The zero-order chi connectivity index (χ0) is 35.3. The number of para-hydroxylation sites is 3. The van der Waals surface area contributed by atoms with E-state index >= 15 is 0 Å². The Labute approximate surface area is 306 Å². The second-order valence-corrected chi connectivity index (χ2v) is 14.5. The van der Waals surface area contributed by atoms with E-state index in [0.717, 1.165) is 22.2 Å². The van der Waals surface area contributed by atoms with Crippen LogP contribution in [-0.2, 0) is 5.41 Å². The van der Waals surface area contributed by atoms with E-state index in [2.05, 4.69) is 150 Å². The van der Waals surface area contributed by atoms with Crippen molar-refractivity contribution in [2.75, 3.05) is 0 Å². The van der Waals surface area contributed by atoms with Crippen LogP contribution in [0.15, 0.2) is 164 Å². The Kier molecular flexibility index (Phi) is 6.23. The minimum atomic E-state index is -0.217. The second-order valence-electron chi connectivity index (χ2n) is 14.5. The van der Waals surface area contributed by atoms with Crippen molar-refractivity contribution in [2.24, 2.45) is 0 Å². The van der Waals surface area contributed by atoms with Gasteiger partial charge >= 0.3 is 0 Å². The molecule has 0 fully saturated rings. The molecule has 53 heavy (non-hydrogen) atoms. The Morgan fingerprint density at radius 1 is 0.396 bits per heavy atom. The lowest BCUT2D eigenvalue weighted by Crippen LogP contribution is -2.15. The molecular weight excluding hydrogens is 647 g/mol. The Hall–Kier alpha value is -6.85. The summed E-state index contributed by atoms with van der Waals surface area (Å²) in [6, 6.07) is 58.2. The molecular formula is C48H33N5. The molecule has 0 atom stereocenters. The first kappa shape index (κ1) is 29.8. The van der Waals surface area contributed by atoms with E-state index in [1.807, 2.05) is 36.4 Å². The highest BCUT2D eigenvalue weighted by atomic mass is 15.2. The summed E-state index contributed by atoms with van der Waals surface area (Å²) in [4.78, 5) is 15.3. The fraction of sp³-hybridized carbons (Fsp3) is 0.0625. The van der Waals surface area contributed by atoms with Crippen LogP contribution in [-0.4, -0.2) is 24.1 Å². The van der Waals surface area contributed by atoms with Crippen LogP contribution in [0, 0.1) is 0 Å². The Morgan fingerprint density at radius 3 is 1.47 bits per heavy atom. The Balaban J connectivity index is 1.15. The summed E-state index contributed by atoms with van der Waals surface area (Å²) < 4.78 is 4.64. The van der Waals surface area contributed by atoms with Crippen LogP contribution in [0.3, 0.4) is 0 Å². The minimum Gasteiger partial charge on any atom is -0.309 e. The highest BCUT2D eigenvalue weighted by Gasteiger charge is 2.37. The van der Waals surface area contributed by atoms with Crippen LogP contribution >= 0.6 is 0 Å². The molecule has 11 rings (SSSR count).